The Hall–Kier alpha value is -2.80. The molecule has 1 atom stereocenters. The molecule has 1 aromatic carbocycles. The standard InChI is InChI=1S/C18H20N6O/c1-12-17(18(25)23(2)15-7-9-19-11-15)21-22-24(12)14-5-6-16-13(10-14)4-3-8-20-16/h3-6,8,10,15,19H,7,9,11H2,1-2H3. The highest BCUT2D eigenvalue weighted by molar-refractivity contribution is 5.93. The predicted molar refractivity (Wildman–Crippen MR) is 94.8 cm³/mol. The fraction of sp³-hybridized carbons (Fsp3) is 0.333. The molecular formula is C18H20N6O. The van der Waals surface area contributed by atoms with Crippen LogP contribution in [-0.2, 0) is 0 Å². The minimum atomic E-state index is -0.0834. The van der Waals surface area contributed by atoms with Crippen molar-refractivity contribution >= 4 is 16.8 Å². The van der Waals surface area contributed by atoms with Crippen molar-refractivity contribution in [2.75, 3.05) is 20.1 Å². The number of hydrogen-bond acceptors (Lipinski definition) is 5. The molecule has 0 radical (unpaired) electrons. The van der Waals surface area contributed by atoms with Gasteiger partial charge in [0.1, 0.15) is 0 Å². The molecule has 1 aliphatic heterocycles. The highest BCUT2D eigenvalue weighted by Gasteiger charge is 2.27. The van der Waals surface area contributed by atoms with Crippen molar-refractivity contribution in [3.05, 3.63) is 47.9 Å². The van der Waals surface area contributed by atoms with Crippen molar-refractivity contribution in [2.45, 2.75) is 19.4 Å². The molecule has 1 fully saturated rings. The topological polar surface area (TPSA) is 75.9 Å². The molecule has 25 heavy (non-hydrogen) atoms. The van der Waals surface area contributed by atoms with Crippen molar-refractivity contribution in [2.24, 2.45) is 0 Å². The summed E-state index contributed by atoms with van der Waals surface area (Å²) in [5, 5.41) is 12.7. The lowest BCUT2D eigenvalue weighted by Gasteiger charge is -2.22. The number of amides is 1. The summed E-state index contributed by atoms with van der Waals surface area (Å²) in [6.07, 6.45) is 2.74. The van der Waals surface area contributed by atoms with Crippen LogP contribution in [0.4, 0.5) is 0 Å². The minimum absolute atomic E-state index is 0.0834. The molecule has 3 aromatic rings. The summed E-state index contributed by atoms with van der Waals surface area (Å²) in [7, 11) is 1.83. The van der Waals surface area contributed by atoms with E-state index in [4.69, 9.17) is 0 Å². The van der Waals surface area contributed by atoms with Gasteiger partial charge in [-0.05, 0) is 44.2 Å². The Morgan fingerprint density at radius 1 is 1.36 bits per heavy atom. The number of likely N-dealkylation sites (N-methyl/N-ethyl adjacent to an activating group) is 1. The van der Waals surface area contributed by atoms with E-state index in [9.17, 15) is 4.79 Å². The summed E-state index contributed by atoms with van der Waals surface area (Å²) in [5.74, 6) is -0.0834. The molecule has 0 aliphatic carbocycles. The first-order valence-electron chi connectivity index (χ1n) is 8.40. The minimum Gasteiger partial charge on any atom is -0.336 e. The molecule has 2 aromatic heterocycles. The molecule has 7 nitrogen and oxygen atoms in total. The average Bonchev–Trinajstić information content (AvgIpc) is 3.30. The molecule has 1 N–H and O–H groups in total. The van der Waals surface area contributed by atoms with Crippen LogP contribution < -0.4 is 5.32 Å². The SMILES string of the molecule is Cc1c(C(=O)N(C)C2CCNC2)nnn1-c1ccc2ncccc2c1. The van der Waals surface area contributed by atoms with Crippen molar-refractivity contribution in [1.29, 1.82) is 0 Å². The number of benzene rings is 1. The second-order valence-corrected chi connectivity index (χ2v) is 6.38. The van der Waals surface area contributed by atoms with Gasteiger partial charge in [0.05, 0.1) is 16.9 Å². The summed E-state index contributed by atoms with van der Waals surface area (Å²) < 4.78 is 1.71. The number of pyridine rings is 1. The Kier molecular flexibility index (Phi) is 3.93. The molecule has 0 spiro atoms. The van der Waals surface area contributed by atoms with Gasteiger partial charge < -0.3 is 10.2 Å². The van der Waals surface area contributed by atoms with Crippen LogP contribution in [-0.4, -0.2) is 57.0 Å². The molecular weight excluding hydrogens is 316 g/mol. The van der Waals surface area contributed by atoms with Gasteiger partial charge in [0.2, 0.25) is 0 Å². The van der Waals surface area contributed by atoms with E-state index in [1.165, 1.54) is 0 Å². The lowest BCUT2D eigenvalue weighted by molar-refractivity contribution is 0.0737. The molecule has 4 rings (SSSR count). The number of rotatable bonds is 3. The molecule has 0 saturated carbocycles. The fourth-order valence-corrected chi connectivity index (χ4v) is 3.27. The van der Waals surface area contributed by atoms with Gasteiger partial charge in [-0.1, -0.05) is 11.3 Å². The molecule has 0 bridgehead atoms. The molecule has 7 heteroatoms. The van der Waals surface area contributed by atoms with Crippen LogP contribution in [0.25, 0.3) is 16.6 Å². The smallest absolute Gasteiger partial charge is 0.276 e. The third-order valence-corrected chi connectivity index (χ3v) is 4.83. The maximum Gasteiger partial charge on any atom is 0.276 e. The van der Waals surface area contributed by atoms with E-state index in [1.54, 1.807) is 15.8 Å². The Morgan fingerprint density at radius 3 is 3.04 bits per heavy atom. The number of fused-ring (bicyclic) bond motifs is 1. The van der Waals surface area contributed by atoms with Gasteiger partial charge in [0, 0.05) is 31.2 Å². The van der Waals surface area contributed by atoms with Crippen LogP contribution >= 0.6 is 0 Å². The van der Waals surface area contributed by atoms with Crippen molar-refractivity contribution < 1.29 is 4.79 Å². The summed E-state index contributed by atoms with van der Waals surface area (Å²) in [5.41, 5.74) is 2.94. The number of nitrogens with one attached hydrogen (secondary N) is 1. The zero-order valence-corrected chi connectivity index (χ0v) is 14.3. The van der Waals surface area contributed by atoms with Crippen LogP contribution in [0.5, 0.6) is 0 Å². The van der Waals surface area contributed by atoms with Gasteiger partial charge in [-0.15, -0.1) is 5.10 Å². The second kappa shape index (κ2) is 6.25. The molecule has 1 saturated heterocycles. The summed E-state index contributed by atoms with van der Waals surface area (Å²) >= 11 is 0. The van der Waals surface area contributed by atoms with Gasteiger partial charge in [0.25, 0.3) is 5.91 Å². The zero-order valence-electron chi connectivity index (χ0n) is 14.3. The number of carbonyl (C=O) groups is 1. The van der Waals surface area contributed by atoms with Crippen LogP contribution in [0.3, 0.4) is 0 Å². The van der Waals surface area contributed by atoms with E-state index in [1.807, 2.05) is 44.3 Å². The van der Waals surface area contributed by atoms with Crippen molar-refractivity contribution in [3.8, 4) is 5.69 Å². The lowest BCUT2D eigenvalue weighted by Crippen LogP contribution is -2.38. The second-order valence-electron chi connectivity index (χ2n) is 6.38. The third kappa shape index (κ3) is 2.76. The number of carbonyl (C=O) groups excluding carboxylic acids is 1. The maximum absolute atomic E-state index is 12.8. The summed E-state index contributed by atoms with van der Waals surface area (Å²) in [6.45, 7) is 3.65. The summed E-state index contributed by atoms with van der Waals surface area (Å²) in [4.78, 5) is 18.9. The predicted octanol–water partition coefficient (Wildman–Crippen LogP) is 1.56. The molecule has 128 valence electrons. The van der Waals surface area contributed by atoms with Crippen molar-refractivity contribution in [3.63, 3.8) is 0 Å². The van der Waals surface area contributed by atoms with Gasteiger partial charge in [-0.2, -0.15) is 0 Å². The van der Waals surface area contributed by atoms with Crippen molar-refractivity contribution in [1.82, 2.24) is 30.2 Å². The first-order chi connectivity index (χ1) is 12.1. The van der Waals surface area contributed by atoms with E-state index < -0.39 is 0 Å². The number of aromatic nitrogens is 4. The largest absolute Gasteiger partial charge is 0.336 e. The highest BCUT2D eigenvalue weighted by atomic mass is 16.2. The third-order valence-electron chi connectivity index (χ3n) is 4.83. The highest BCUT2D eigenvalue weighted by Crippen LogP contribution is 2.19. The van der Waals surface area contributed by atoms with E-state index in [0.29, 0.717) is 5.69 Å². The van der Waals surface area contributed by atoms with Crippen LogP contribution in [0.15, 0.2) is 36.5 Å². The van der Waals surface area contributed by atoms with Gasteiger partial charge in [-0.25, -0.2) is 4.68 Å². The zero-order chi connectivity index (χ0) is 17.4. The average molecular weight is 336 g/mol. The molecule has 1 amide bonds. The molecule has 1 unspecified atom stereocenters. The Labute approximate surface area is 145 Å². The van der Waals surface area contributed by atoms with Crippen LogP contribution in [0.2, 0.25) is 0 Å². The Morgan fingerprint density at radius 2 is 2.24 bits per heavy atom. The van der Waals surface area contributed by atoms with Crippen LogP contribution in [0, 0.1) is 6.92 Å². The van der Waals surface area contributed by atoms with E-state index in [2.05, 4.69) is 20.6 Å². The first kappa shape index (κ1) is 15.7. The van der Waals surface area contributed by atoms with E-state index in [-0.39, 0.29) is 11.9 Å². The Balaban J connectivity index is 1.66. The number of nitrogens with zero attached hydrogens (tertiary/aromatic N) is 5. The normalized spacial score (nSPS) is 17.1. The monoisotopic (exact) mass is 336 g/mol. The van der Waals surface area contributed by atoms with Gasteiger partial charge in [-0.3, -0.25) is 9.78 Å². The molecule has 3 heterocycles. The van der Waals surface area contributed by atoms with E-state index in [0.717, 1.165) is 41.8 Å². The number of hydrogen-bond donors (Lipinski definition) is 1. The lowest BCUT2D eigenvalue weighted by atomic mass is 10.2. The quantitative estimate of drug-likeness (QED) is 0.785. The Bertz CT molecular complexity index is 928. The van der Waals surface area contributed by atoms with E-state index >= 15 is 0 Å². The van der Waals surface area contributed by atoms with Gasteiger partial charge in [0.15, 0.2) is 5.69 Å². The summed E-state index contributed by atoms with van der Waals surface area (Å²) in [6, 6.07) is 10.0. The van der Waals surface area contributed by atoms with Gasteiger partial charge >= 0.3 is 0 Å². The van der Waals surface area contributed by atoms with Crippen LogP contribution in [0.1, 0.15) is 22.6 Å². The maximum atomic E-state index is 12.8. The first-order valence-corrected chi connectivity index (χ1v) is 8.40. The molecule has 1 aliphatic rings. The fourth-order valence-electron chi connectivity index (χ4n) is 3.27.